The summed E-state index contributed by atoms with van der Waals surface area (Å²) in [6.45, 7) is 8.54. The first-order valence-electron chi connectivity index (χ1n) is 11.8. The number of rotatable bonds is 6. The predicted octanol–water partition coefficient (Wildman–Crippen LogP) is 4.39. The number of aryl methyl sites for hydroxylation is 2. The average molecular weight is 466 g/mol. The maximum atomic E-state index is 12.3. The molecule has 0 spiro atoms. The number of carbonyl (C=O) groups is 1. The molecule has 1 amide bonds. The monoisotopic (exact) mass is 465 g/mol. The van der Waals surface area contributed by atoms with Crippen LogP contribution in [0.25, 0.3) is 10.9 Å². The molecule has 174 valence electrons. The smallest absolute Gasteiger partial charge is 0.262 e. The number of piperidine rings is 1. The zero-order chi connectivity index (χ0) is 22.8. The molecular formula is C25H31N5O2S. The van der Waals surface area contributed by atoms with Crippen LogP contribution in [-0.2, 0) is 4.79 Å². The Hall–Kier alpha value is -2.71. The Morgan fingerprint density at radius 1 is 1.09 bits per heavy atom. The SMILES string of the molecule is Cc1ccc(OCC(=O)Nc2ccc3nc(N4CCC(N5CCCC5)CC4)nc(C)c3c2)s1. The van der Waals surface area contributed by atoms with E-state index in [1.807, 2.05) is 44.2 Å². The number of aromatic nitrogens is 2. The van der Waals surface area contributed by atoms with Gasteiger partial charge in [0.1, 0.15) is 0 Å². The molecule has 7 nitrogen and oxygen atoms in total. The second-order valence-electron chi connectivity index (χ2n) is 9.00. The number of nitrogens with one attached hydrogen (secondary N) is 1. The van der Waals surface area contributed by atoms with Gasteiger partial charge in [-0.3, -0.25) is 4.79 Å². The Labute approximate surface area is 198 Å². The van der Waals surface area contributed by atoms with Gasteiger partial charge in [0.25, 0.3) is 5.91 Å². The van der Waals surface area contributed by atoms with Gasteiger partial charge in [-0.25, -0.2) is 9.97 Å². The Morgan fingerprint density at radius 3 is 2.61 bits per heavy atom. The second-order valence-corrected chi connectivity index (χ2v) is 10.3. The van der Waals surface area contributed by atoms with Crippen molar-refractivity contribution in [1.82, 2.24) is 14.9 Å². The number of amides is 1. The van der Waals surface area contributed by atoms with Crippen LogP contribution in [0.4, 0.5) is 11.6 Å². The molecule has 5 rings (SSSR count). The molecule has 2 fully saturated rings. The molecule has 0 bridgehead atoms. The van der Waals surface area contributed by atoms with E-state index in [-0.39, 0.29) is 12.5 Å². The summed E-state index contributed by atoms with van der Waals surface area (Å²) >= 11 is 1.53. The maximum Gasteiger partial charge on any atom is 0.262 e. The minimum Gasteiger partial charge on any atom is -0.474 e. The number of hydrogen-bond donors (Lipinski definition) is 1. The third-order valence-corrected chi connectivity index (χ3v) is 7.54. The molecule has 33 heavy (non-hydrogen) atoms. The highest BCUT2D eigenvalue weighted by Crippen LogP contribution is 2.27. The third-order valence-electron chi connectivity index (χ3n) is 6.62. The van der Waals surface area contributed by atoms with Crippen molar-refractivity contribution < 1.29 is 9.53 Å². The molecule has 1 aromatic carbocycles. The van der Waals surface area contributed by atoms with Crippen LogP contribution in [0.1, 0.15) is 36.3 Å². The van der Waals surface area contributed by atoms with E-state index in [9.17, 15) is 4.79 Å². The predicted molar refractivity (Wildman–Crippen MR) is 133 cm³/mol. The Balaban J connectivity index is 1.22. The quantitative estimate of drug-likeness (QED) is 0.582. The van der Waals surface area contributed by atoms with Crippen molar-refractivity contribution in [3.05, 3.63) is 40.9 Å². The number of ether oxygens (including phenoxy) is 1. The van der Waals surface area contributed by atoms with Crippen LogP contribution in [-0.4, -0.2) is 59.6 Å². The topological polar surface area (TPSA) is 70.6 Å². The van der Waals surface area contributed by atoms with Gasteiger partial charge in [-0.15, -0.1) is 11.3 Å². The molecule has 2 aromatic heterocycles. The zero-order valence-electron chi connectivity index (χ0n) is 19.3. The van der Waals surface area contributed by atoms with Crippen LogP contribution in [0.2, 0.25) is 0 Å². The molecule has 4 heterocycles. The van der Waals surface area contributed by atoms with E-state index in [1.165, 1.54) is 50.1 Å². The van der Waals surface area contributed by atoms with Crippen molar-refractivity contribution in [2.24, 2.45) is 0 Å². The van der Waals surface area contributed by atoms with Crippen molar-refractivity contribution in [3.8, 4) is 5.06 Å². The minimum absolute atomic E-state index is 0.0141. The summed E-state index contributed by atoms with van der Waals surface area (Å²) in [4.78, 5) is 28.1. The fourth-order valence-corrected chi connectivity index (χ4v) is 5.55. The number of likely N-dealkylation sites (tertiary alicyclic amines) is 1. The standard InChI is InChI=1S/C25H31N5O2S/c1-17-5-8-24(33-17)32-16-23(31)27-19-6-7-22-21(15-19)18(2)26-25(28-22)30-13-9-20(10-14-30)29-11-3-4-12-29/h5-8,15,20H,3-4,9-14,16H2,1-2H3,(H,27,31). The largest absolute Gasteiger partial charge is 0.474 e. The first-order valence-corrected chi connectivity index (χ1v) is 12.6. The minimum atomic E-state index is -0.184. The highest BCUT2D eigenvalue weighted by atomic mass is 32.1. The number of anilines is 2. The highest BCUT2D eigenvalue weighted by molar-refractivity contribution is 7.13. The summed E-state index contributed by atoms with van der Waals surface area (Å²) in [6, 6.07) is 10.4. The normalized spacial score (nSPS) is 17.6. The van der Waals surface area contributed by atoms with Crippen molar-refractivity contribution >= 4 is 39.8 Å². The van der Waals surface area contributed by atoms with Crippen molar-refractivity contribution in [3.63, 3.8) is 0 Å². The van der Waals surface area contributed by atoms with Crippen LogP contribution in [0.5, 0.6) is 5.06 Å². The molecule has 2 aliphatic rings. The van der Waals surface area contributed by atoms with E-state index < -0.39 is 0 Å². The van der Waals surface area contributed by atoms with E-state index >= 15 is 0 Å². The zero-order valence-corrected chi connectivity index (χ0v) is 20.2. The van der Waals surface area contributed by atoms with E-state index in [0.717, 1.165) is 51.3 Å². The van der Waals surface area contributed by atoms with Gasteiger partial charge in [0.2, 0.25) is 5.95 Å². The number of carbonyl (C=O) groups excluding carboxylic acids is 1. The molecule has 1 N–H and O–H groups in total. The lowest BCUT2D eigenvalue weighted by atomic mass is 10.0. The van der Waals surface area contributed by atoms with Crippen LogP contribution in [0.3, 0.4) is 0 Å². The molecule has 0 saturated carbocycles. The van der Waals surface area contributed by atoms with Gasteiger partial charge in [-0.2, -0.15) is 0 Å². The molecule has 0 atom stereocenters. The van der Waals surface area contributed by atoms with E-state index in [2.05, 4.69) is 15.1 Å². The van der Waals surface area contributed by atoms with Gasteiger partial charge in [0.05, 0.1) is 11.2 Å². The van der Waals surface area contributed by atoms with Gasteiger partial charge in [0, 0.05) is 35.1 Å². The molecule has 0 radical (unpaired) electrons. The van der Waals surface area contributed by atoms with E-state index in [0.29, 0.717) is 6.04 Å². The van der Waals surface area contributed by atoms with Crippen molar-refractivity contribution in [1.29, 1.82) is 0 Å². The molecule has 0 aliphatic carbocycles. The van der Waals surface area contributed by atoms with Gasteiger partial charge < -0.3 is 19.9 Å². The lowest BCUT2D eigenvalue weighted by Gasteiger charge is -2.36. The van der Waals surface area contributed by atoms with Gasteiger partial charge in [0.15, 0.2) is 11.7 Å². The van der Waals surface area contributed by atoms with E-state index in [4.69, 9.17) is 14.7 Å². The number of nitrogens with zero attached hydrogens (tertiary/aromatic N) is 4. The summed E-state index contributed by atoms with van der Waals surface area (Å²) < 4.78 is 5.57. The molecule has 2 saturated heterocycles. The molecule has 3 aromatic rings. The van der Waals surface area contributed by atoms with Crippen LogP contribution < -0.4 is 15.0 Å². The van der Waals surface area contributed by atoms with Crippen LogP contribution in [0.15, 0.2) is 30.3 Å². The summed E-state index contributed by atoms with van der Waals surface area (Å²) in [6.07, 6.45) is 5.05. The Kier molecular flexibility index (Phi) is 6.46. The molecule has 0 unspecified atom stereocenters. The average Bonchev–Trinajstić information content (AvgIpc) is 3.50. The lowest BCUT2D eigenvalue weighted by Crippen LogP contribution is -2.44. The molecule has 2 aliphatic heterocycles. The lowest BCUT2D eigenvalue weighted by molar-refractivity contribution is -0.118. The van der Waals surface area contributed by atoms with Crippen molar-refractivity contribution in [2.45, 2.75) is 45.6 Å². The Bertz CT molecular complexity index is 1130. The first kappa shape index (κ1) is 22.1. The maximum absolute atomic E-state index is 12.3. The van der Waals surface area contributed by atoms with Gasteiger partial charge in [-0.05, 0) is 83.0 Å². The van der Waals surface area contributed by atoms with Crippen molar-refractivity contribution in [2.75, 3.05) is 43.0 Å². The third kappa shape index (κ3) is 5.12. The van der Waals surface area contributed by atoms with Crippen LogP contribution in [0, 0.1) is 13.8 Å². The summed E-state index contributed by atoms with van der Waals surface area (Å²) in [7, 11) is 0. The van der Waals surface area contributed by atoms with Gasteiger partial charge in [-0.1, -0.05) is 0 Å². The number of thiophene rings is 1. The summed E-state index contributed by atoms with van der Waals surface area (Å²) in [5.74, 6) is 0.632. The fraction of sp³-hybridized carbons (Fsp3) is 0.480. The van der Waals surface area contributed by atoms with Crippen LogP contribution >= 0.6 is 11.3 Å². The fourth-order valence-electron chi connectivity index (χ4n) is 4.85. The molecule has 8 heteroatoms. The van der Waals surface area contributed by atoms with Gasteiger partial charge >= 0.3 is 0 Å². The number of hydrogen-bond acceptors (Lipinski definition) is 7. The molecular weight excluding hydrogens is 434 g/mol. The van der Waals surface area contributed by atoms with E-state index in [1.54, 1.807) is 0 Å². The summed E-state index contributed by atoms with van der Waals surface area (Å²) in [5.41, 5.74) is 2.56. The Morgan fingerprint density at radius 2 is 1.88 bits per heavy atom. The second kappa shape index (κ2) is 9.65. The number of benzene rings is 1. The summed E-state index contributed by atoms with van der Waals surface area (Å²) in [5, 5.41) is 4.63. The first-order chi connectivity index (χ1) is 16.0. The highest BCUT2D eigenvalue weighted by Gasteiger charge is 2.27. The number of fused-ring (bicyclic) bond motifs is 1.